The average molecular weight is 258 g/mol. The van der Waals surface area contributed by atoms with Gasteiger partial charge in [0.15, 0.2) is 0 Å². The molecule has 0 radical (unpaired) electrons. The zero-order valence-corrected chi connectivity index (χ0v) is 14.5. The molecule has 14 heavy (non-hydrogen) atoms. The van der Waals surface area contributed by atoms with Crippen molar-refractivity contribution in [2.45, 2.75) is 0 Å². The van der Waals surface area contributed by atoms with E-state index in [4.69, 9.17) is 28.8 Å². The van der Waals surface area contributed by atoms with E-state index in [2.05, 4.69) is 0 Å². The van der Waals surface area contributed by atoms with Crippen LogP contribution in [0.3, 0.4) is 0 Å². The first-order valence-electron chi connectivity index (χ1n) is 1.77. The molecule has 0 saturated carbocycles. The Morgan fingerprint density at radius 1 is 0.857 bits per heavy atom. The second-order valence-electron chi connectivity index (χ2n) is 0.995. The van der Waals surface area contributed by atoms with E-state index in [0.29, 0.717) is 0 Å². The van der Waals surface area contributed by atoms with E-state index < -0.39 is 19.9 Å². The van der Waals surface area contributed by atoms with Crippen LogP contribution in [0.4, 0.5) is 8.78 Å². The van der Waals surface area contributed by atoms with Gasteiger partial charge in [0, 0.05) is 0 Å². The molecule has 0 heterocycles. The Morgan fingerprint density at radius 2 is 0.929 bits per heavy atom. The number of carbonyl (C=O) groups is 2. The van der Waals surface area contributed by atoms with Gasteiger partial charge in [0.05, 0.1) is 0 Å². The first-order valence-corrected chi connectivity index (χ1v) is 3.23. The number of carbonyl (C=O) groups excluding carboxylic acids is 2. The molecule has 0 aliphatic rings. The molecule has 0 atom stereocenters. The molecule has 0 aromatic heterocycles. The second kappa shape index (κ2) is 15.3. The third-order valence-corrected chi connectivity index (χ3v) is 0.155. The van der Waals surface area contributed by atoms with Crippen molar-refractivity contribution in [1.29, 1.82) is 0 Å². The fraction of sp³-hybridized carbons (Fsp3) is 0. The van der Waals surface area contributed by atoms with Crippen LogP contribution in [-0.2, 0) is 14.2 Å². The van der Waals surface area contributed by atoms with Crippen LogP contribution in [-0.4, -0.2) is 12.1 Å². The Morgan fingerprint density at radius 3 is 0.929 bits per heavy atom. The van der Waals surface area contributed by atoms with E-state index in [1.165, 1.54) is 0 Å². The van der Waals surface area contributed by atoms with E-state index in [0.717, 1.165) is 0 Å². The van der Waals surface area contributed by atoms with Crippen molar-refractivity contribution < 1.29 is 126 Å². The van der Waals surface area contributed by atoms with Crippen LogP contribution in [0, 0.1) is 0 Å². The minimum Gasteiger partial charge on any atom is -0.822 e. The summed E-state index contributed by atoms with van der Waals surface area (Å²) in [5.74, 6) is 0. The van der Waals surface area contributed by atoms with Crippen LogP contribution in [0.25, 0.3) is 0 Å². The number of halogens is 2. The molecule has 0 N–H and O–H groups in total. The van der Waals surface area contributed by atoms with E-state index in [1.54, 1.807) is 0 Å². The van der Waals surface area contributed by atoms with E-state index in [1.807, 2.05) is 0 Å². The number of hydrogen-bond acceptors (Lipinski definition) is 6. The molecule has 0 saturated heterocycles. The molecule has 12 heteroatoms. The standard InChI is InChI=1S/C2F2O2.3Na.H3O4P/c3-1(5)2(4)6;;;;1-5(2,3)4/h;;;;(H3,1,2,3,4)/q;3*+1;/p-3. The van der Waals surface area contributed by atoms with Gasteiger partial charge in [-0.3, -0.25) is 0 Å². The predicted octanol–water partition coefficient (Wildman–Crippen LogP) is -11.8. The number of rotatable bonds is 1. The van der Waals surface area contributed by atoms with E-state index in [-0.39, 0.29) is 88.7 Å². The summed E-state index contributed by atoms with van der Waals surface area (Å²) in [5, 5.41) is 0. The van der Waals surface area contributed by atoms with Crippen molar-refractivity contribution in [3.05, 3.63) is 0 Å². The van der Waals surface area contributed by atoms with Gasteiger partial charge in [-0.1, -0.05) is 0 Å². The Bertz CT molecular complexity index is 185. The van der Waals surface area contributed by atoms with Crippen LogP contribution >= 0.6 is 7.82 Å². The first-order chi connectivity index (χ1) is 4.64. The molecule has 6 nitrogen and oxygen atoms in total. The Kier molecular flexibility index (Phi) is 32.7. The van der Waals surface area contributed by atoms with Crippen molar-refractivity contribution in [2.75, 3.05) is 0 Å². The molecule has 0 amide bonds. The maximum Gasteiger partial charge on any atom is 1.00 e. The van der Waals surface area contributed by atoms with Gasteiger partial charge in [-0.15, -0.1) is 0 Å². The number of hydrogen-bond donors (Lipinski definition) is 0. The zero-order valence-electron chi connectivity index (χ0n) is 7.65. The molecule has 66 valence electrons. The quantitative estimate of drug-likeness (QED) is 0.199. The van der Waals surface area contributed by atoms with Crippen LogP contribution in [0.5, 0.6) is 0 Å². The monoisotopic (exact) mass is 258 g/mol. The molecule has 0 aromatic rings. The molecule has 0 bridgehead atoms. The maximum absolute atomic E-state index is 10.5. The van der Waals surface area contributed by atoms with Gasteiger partial charge < -0.3 is 19.2 Å². The summed E-state index contributed by atoms with van der Waals surface area (Å²) in [7, 11) is -5.39. The normalized spacial score (nSPS) is 7.50. The second-order valence-corrected chi connectivity index (χ2v) is 1.89. The fourth-order valence-corrected chi connectivity index (χ4v) is 0. The van der Waals surface area contributed by atoms with Crippen LogP contribution in [0.1, 0.15) is 0 Å². The minimum absolute atomic E-state index is 0. The largest absolute Gasteiger partial charge is 1.00 e. The van der Waals surface area contributed by atoms with Gasteiger partial charge in [0.2, 0.25) is 0 Å². The molecule has 0 fully saturated rings. The van der Waals surface area contributed by atoms with Gasteiger partial charge in [-0.2, -0.15) is 16.6 Å². The van der Waals surface area contributed by atoms with Crippen molar-refractivity contribution in [3.63, 3.8) is 0 Å². The summed E-state index contributed by atoms with van der Waals surface area (Å²) < 4.78 is 29.5. The van der Waals surface area contributed by atoms with E-state index in [9.17, 15) is 8.78 Å². The van der Waals surface area contributed by atoms with Crippen molar-refractivity contribution in [2.24, 2.45) is 0 Å². The van der Waals surface area contributed by atoms with Gasteiger partial charge in [0.25, 0.3) is 0 Å². The molecule has 0 unspecified atom stereocenters. The number of phosphoric acid groups is 1. The summed E-state index contributed by atoms with van der Waals surface area (Å²) in [6.45, 7) is 0. The van der Waals surface area contributed by atoms with Gasteiger partial charge in [-0.05, 0) is 0 Å². The topological polar surface area (TPSA) is 120 Å². The molecular formula is C2F2Na3O6P. The predicted molar refractivity (Wildman–Crippen MR) is 19.8 cm³/mol. The SMILES string of the molecule is O=C(F)C(=O)F.O=P([O-])([O-])[O-].[Na+].[Na+].[Na+]. The van der Waals surface area contributed by atoms with Crippen LogP contribution < -0.4 is 103 Å². The Hall–Kier alpha value is 2.31. The van der Waals surface area contributed by atoms with E-state index >= 15 is 0 Å². The third-order valence-electron chi connectivity index (χ3n) is 0.155. The van der Waals surface area contributed by atoms with Crippen LogP contribution in [0.15, 0.2) is 0 Å². The molecule has 0 spiro atoms. The molecule has 0 aliphatic carbocycles. The zero-order chi connectivity index (χ0) is 9.65. The summed E-state index contributed by atoms with van der Waals surface area (Å²) in [5.41, 5.74) is 0. The summed E-state index contributed by atoms with van der Waals surface area (Å²) >= 11 is 0. The van der Waals surface area contributed by atoms with Gasteiger partial charge >= 0.3 is 101 Å². The van der Waals surface area contributed by atoms with Crippen molar-refractivity contribution in [1.82, 2.24) is 0 Å². The summed E-state index contributed by atoms with van der Waals surface area (Å²) in [6, 6.07) is -5.09. The molecule has 0 aliphatic heterocycles. The molecular weight excluding hydrogens is 258 g/mol. The molecule has 0 rings (SSSR count). The third kappa shape index (κ3) is 63.7. The fourth-order valence-electron chi connectivity index (χ4n) is 0. The average Bonchev–Trinajstić information content (AvgIpc) is 1.59. The minimum atomic E-state index is -5.39. The van der Waals surface area contributed by atoms with Gasteiger partial charge in [0.1, 0.15) is 0 Å². The van der Waals surface area contributed by atoms with Gasteiger partial charge in [-0.25, -0.2) is 9.59 Å². The molecule has 0 aromatic carbocycles. The summed E-state index contributed by atoms with van der Waals surface area (Å²) in [6.07, 6.45) is 0. The van der Waals surface area contributed by atoms with Crippen molar-refractivity contribution >= 4 is 19.9 Å². The smallest absolute Gasteiger partial charge is 0.822 e. The maximum atomic E-state index is 10.5. The Labute approximate surface area is 144 Å². The van der Waals surface area contributed by atoms with Crippen LogP contribution in [0.2, 0.25) is 0 Å². The first kappa shape index (κ1) is 29.9. The van der Waals surface area contributed by atoms with Crippen molar-refractivity contribution in [3.8, 4) is 0 Å². The summed E-state index contributed by atoms with van der Waals surface area (Å²) in [4.78, 5) is 43.2. The Balaban J connectivity index is -0.0000000321.